The van der Waals surface area contributed by atoms with Crippen LogP contribution in [-0.4, -0.2) is 23.7 Å². The molecule has 0 aliphatic rings. The molecule has 0 spiro atoms. The molecule has 0 heterocycles. The topological polar surface area (TPSA) is 43.4 Å². The van der Waals surface area contributed by atoms with Crippen LogP contribution in [0.25, 0.3) is 10.8 Å². The van der Waals surface area contributed by atoms with Crippen LogP contribution < -0.4 is 0 Å². The average Bonchev–Trinajstić information content (AvgIpc) is 2.45. The molecule has 0 aromatic heterocycles. The lowest BCUT2D eigenvalue weighted by Gasteiger charge is -2.08. The number of fused-ring (bicyclic) bond motifs is 1. The molecule has 4 heteroatoms. The van der Waals surface area contributed by atoms with E-state index in [1.165, 1.54) is 0 Å². The second kappa shape index (κ2) is 5.97. The van der Waals surface area contributed by atoms with Crippen molar-refractivity contribution < 1.29 is 14.3 Å². The minimum atomic E-state index is -0.364. The van der Waals surface area contributed by atoms with E-state index in [2.05, 4.69) is 15.9 Å². The number of esters is 1. The fraction of sp³-hybridized carbons (Fsp3) is 0.200. The summed E-state index contributed by atoms with van der Waals surface area (Å²) in [4.78, 5) is 23.8. The number of hydrogen-bond acceptors (Lipinski definition) is 3. The van der Waals surface area contributed by atoms with Gasteiger partial charge in [0, 0.05) is 5.56 Å². The summed E-state index contributed by atoms with van der Waals surface area (Å²) in [5.41, 5.74) is 1.10. The lowest BCUT2D eigenvalue weighted by molar-refractivity contribution is 0.0528. The molecule has 0 radical (unpaired) electrons. The predicted octanol–water partition coefficient (Wildman–Crippen LogP) is 3.59. The standard InChI is InChI=1S/C15H13BrO3/c1-2-19-15(18)13-8-4-5-10-11(13)6-3-7-12(10)14(17)9-16/h3-8H,2,9H2,1H3. The van der Waals surface area contributed by atoms with E-state index >= 15 is 0 Å². The molecule has 0 aliphatic carbocycles. The van der Waals surface area contributed by atoms with Gasteiger partial charge < -0.3 is 4.74 Å². The predicted molar refractivity (Wildman–Crippen MR) is 78.0 cm³/mol. The Morgan fingerprint density at radius 2 is 1.63 bits per heavy atom. The first-order chi connectivity index (χ1) is 9.19. The molecule has 0 saturated carbocycles. The van der Waals surface area contributed by atoms with E-state index in [-0.39, 0.29) is 17.1 Å². The maximum absolute atomic E-state index is 11.9. The highest BCUT2D eigenvalue weighted by atomic mass is 79.9. The van der Waals surface area contributed by atoms with Gasteiger partial charge in [0.15, 0.2) is 5.78 Å². The normalized spacial score (nSPS) is 10.4. The molecule has 0 fully saturated rings. The highest BCUT2D eigenvalue weighted by Crippen LogP contribution is 2.24. The number of ether oxygens (including phenoxy) is 1. The Labute approximate surface area is 119 Å². The number of alkyl halides is 1. The molecule has 0 bridgehead atoms. The highest BCUT2D eigenvalue weighted by Gasteiger charge is 2.14. The molecule has 0 N–H and O–H groups in total. The zero-order valence-corrected chi connectivity index (χ0v) is 12.1. The van der Waals surface area contributed by atoms with Crippen LogP contribution in [-0.2, 0) is 4.74 Å². The lowest BCUT2D eigenvalue weighted by Crippen LogP contribution is -2.07. The van der Waals surface area contributed by atoms with E-state index in [1.54, 1.807) is 31.2 Å². The molecule has 2 aromatic carbocycles. The van der Waals surface area contributed by atoms with Crippen molar-refractivity contribution in [3.63, 3.8) is 0 Å². The first kappa shape index (κ1) is 13.7. The van der Waals surface area contributed by atoms with Crippen molar-refractivity contribution in [3.05, 3.63) is 47.5 Å². The Hall–Kier alpha value is -1.68. The lowest BCUT2D eigenvalue weighted by atomic mass is 9.98. The molecule has 3 nitrogen and oxygen atoms in total. The van der Waals surface area contributed by atoms with Gasteiger partial charge in [-0.3, -0.25) is 4.79 Å². The Morgan fingerprint density at radius 1 is 1.05 bits per heavy atom. The summed E-state index contributed by atoms with van der Waals surface area (Å²) < 4.78 is 5.03. The van der Waals surface area contributed by atoms with E-state index in [4.69, 9.17) is 4.74 Å². The van der Waals surface area contributed by atoms with Crippen molar-refractivity contribution in [2.24, 2.45) is 0 Å². The van der Waals surface area contributed by atoms with Gasteiger partial charge in [-0.15, -0.1) is 0 Å². The zero-order valence-electron chi connectivity index (χ0n) is 10.5. The molecular formula is C15H13BrO3. The molecule has 98 valence electrons. The van der Waals surface area contributed by atoms with E-state index in [1.807, 2.05) is 12.1 Å². The minimum Gasteiger partial charge on any atom is -0.462 e. The highest BCUT2D eigenvalue weighted by molar-refractivity contribution is 9.09. The molecule has 0 unspecified atom stereocenters. The SMILES string of the molecule is CCOC(=O)c1cccc2c(C(=O)CBr)cccc12. The van der Waals surface area contributed by atoms with Crippen molar-refractivity contribution in [1.82, 2.24) is 0 Å². The van der Waals surface area contributed by atoms with Crippen LogP contribution in [0.4, 0.5) is 0 Å². The van der Waals surface area contributed by atoms with Crippen LogP contribution in [0.15, 0.2) is 36.4 Å². The summed E-state index contributed by atoms with van der Waals surface area (Å²) in [6.07, 6.45) is 0. The molecular weight excluding hydrogens is 308 g/mol. The van der Waals surface area contributed by atoms with Crippen LogP contribution in [0.5, 0.6) is 0 Å². The van der Waals surface area contributed by atoms with Gasteiger partial charge in [-0.05, 0) is 23.8 Å². The quantitative estimate of drug-likeness (QED) is 0.491. The van der Waals surface area contributed by atoms with Crippen molar-refractivity contribution in [2.45, 2.75) is 6.92 Å². The molecule has 19 heavy (non-hydrogen) atoms. The molecule has 0 saturated heterocycles. The van der Waals surface area contributed by atoms with E-state index in [0.29, 0.717) is 17.7 Å². The number of carbonyl (C=O) groups is 2. The summed E-state index contributed by atoms with van der Waals surface area (Å²) in [7, 11) is 0. The van der Waals surface area contributed by atoms with Crippen LogP contribution in [0, 0.1) is 0 Å². The number of ketones is 1. The summed E-state index contributed by atoms with van der Waals surface area (Å²) in [5.74, 6) is -0.372. The second-order valence-corrected chi connectivity index (χ2v) is 4.54. The van der Waals surface area contributed by atoms with Gasteiger partial charge in [0.25, 0.3) is 0 Å². The fourth-order valence-electron chi connectivity index (χ4n) is 2.01. The second-order valence-electron chi connectivity index (χ2n) is 3.98. The number of benzene rings is 2. The summed E-state index contributed by atoms with van der Waals surface area (Å²) in [5, 5.41) is 1.78. The van der Waals surface area contributed by atoms with Gasteiger partial charge in [-0.25, -0.2) is 4.79 Å². The number of carbonyl (C=O) groups excluding carboxylic acids is 2. The van der Waals surface area contributed by atoms with Gasteiger partial charge in [0.1, 0.15) is 0 Å². The van der Waals surface area contributed by atoms with Crippen molar-refractivity contribution in [2.75, 3.05) is 11.9 Å². The van der Waals surface area contributed by atoms with Gasteiger partial charge in [0.2, 0.25) is 0 Å². The maximum Gasteiger partial charge on any atom is 0.338 e. The third-order valence-electron chi connectivity index (χ3n) is 2.84. The average molecular weight is 321 g/mol. The summed E-state index contributed by atoms with van der Waals surface area (Å²) in [6.45, 7) is 2.10. The molecule has 0 aliphatic heterocycles. The van der Waals surface area contributed by atoms with Crippen molar-refractivity contribution in [3.8, 4) is 0 Å². The van der Waals surface area contributed by atoms with Gasteiger partial charge >= 0.3 is 5.97 Å². The first-order valence-electron chi connectivity index (χ1n) is 5.97. The van der Waals surface area contributed by atoms with E-state index in [0.717, 1.165) is 10.8 Å². The number of rotatable bonds is 4. The van der Waals surface area contributed by atoms with E-state index < -0.39 is 0 Å². The summed E-state index contributed by atoms with van der Waals surface area (Å²) in [6, 6.07) is 10.7. The Kier molecular flexibility index (Phi) is 4.32. The van der Waals surface area contributed by atoms with Gasteiger partial charge in [0.05, 0.1) is 17.5 Å². The van der Waals surface area contributed by atoms with Gasteiger partial charge in [-0.2, -0.15) is 0 Å². The zero-order chi connectivity index (χ0) is 13.8. The minimum absolute atomic E-state index is 0.00777. The first-order valence-corrected chi connectivity index (χ1v) is 7.09. The Morgan fingerprint density at radius 3 is 2.21 bits per heavy atom. The molecule has 0 atom stereocenters. The van der Waals surface area contributed by atoms with E-state index in [9.17, 15) is 9.59 Å². The van der Waals surface area contributed by atoms with Crippen LogP contribution in [0.1, 0.15) is 27.6 Å². The van der Waals surface area contributed by atoms with Crippen LogP contribution in [0.2, 0.25) is 0 Å². The maximum atomic E-state index is 11.9. The monoisotopic (exact) mass is 320 g/mol. The van der Waals surface area contributed by atoms with Crippen LogP contribution in [0.3, 0.4) is 0 Å². The number of halogens is 1. The molecule has 2 aromatic rings. The third-order valence-corrected chi connectivity index (χ3v) is 3.35. The number of Topliss-reactive ketones (excluding diaryl/α,β-unsaturated/α-hetero) is 1. The third kappa shape index (κ3) is 2.68. The summed E-state index contributed by atoms with van der Waals surface area (Å²) >= 11 is 3.17. The molecule has 2 rings (SSSR count). The number of hydrogen-bond donors (Lipinski definition) is 0. The fourth-order valence-corrected chi connectivity index (χ4v) is 2.31. The Balaban J connectivity index is 2.64. The van der Waals surface area contributed by atoms with Crippen molar-refractivity contribution >= 4 is 38.5 Å². The van der Waals surface area contributed by atoms with Gasteiger partial charge in [-0.1, -0.05) is 46.3 Å². The molecule has 0 amide bonds. The van der Waals surface area contributed by atoms with Crippen LogP contribution >= 0.6 is 15.9 Å². The Bertz CT molecular complexity index is 634. The van der Waals surface area contributed by atoms with Crippen molar-refractivity contribution in [1.29, 1.82) is 0 Å². The largest absolute Gasteiger partial charge is 0.462 e. The smallest absolute Gasteiger partial charge is 0.338 e.